The Morgan fingerprint density at radius 1 is 1.50 bits per heavy atom. The third-order valence-electron chi connectivity index (χ3n) is 3.49. The van der Waals surface area contributed by atoms with E-state index in [0.29, 0.717) is 13.1 Å². The fraction of sp³-hybridized carbons (Fsp3) is 0.769. The van der Waals surface area contributed by atoms with Crippen LogP contribution in [0.2, 0.25) is 0 Å². The Morgan fingerprint density at radius 2 is 2.33 bits per heavy atom. The van der Waals surface area contributed by atoms with Crippen LogP contribution in [-0.2, 0) is 6.42 Å². The van der Waals surface area contributed by atoms with Crippen molar-refractivity contribution in [2.75, 3.05) is 26.2 Å². The van der Waals surface area contributed by atoms with Crippen molar-refractivity contribution in [3.8, 4) is 0 Å². The lowest BCUT2D eigenvalue weighted by atomic mass is 9.94. The van der Waals surface area contributed by atoms with E-state index >= 15 is 0 Å². The molecule has 2 rings (SSSR count). The zero-order valence-corrected chi connectivity index (χ0v) is 12.1. The number of hydrogen-bond acceptors (Lipinski definition) is 5. The van der Waals surface area contributed by atoms with E-state index in [1.807, 2.05) is 0 Å². The number of thiazole rings is 1. The maximum absolute atomic E-state index is 10.3. The molecule has 4 nitrogen and oxygen atoms in total. The van der Waals surface area contributed by atoms with E-state index < -0.39 is 5.60 Å². The van der Waals surface area contributed by atoms with E-state index in [1.165, 1.54) is 9.88 Å². The van der Waals surface area contributed by atoms with Crippen LogP contribution in [0.15, 0.2) is 0 Å². The fourth-order valence-corrected chi connectivity index (χ4v) is 3.20. The standard InChI is InChI=1S/C13H23N3OS/c1-10-11(2)18-12(16-10)4-7-15-9-13(17)5-3-6-14-8-13/h14-15,17H,3-9H2,1-2H3/t13-/m0/s1. The molecule has 2 heterocycles. The number of piperidine rings is 1. The molecule has 18 heavy (non-hydrogen) atoms. The van der Waals surface area contributed by atoms with Crippen molar-refractivity contribution in [1.82, 2.24) is 15.6 Å². The van der Waals surface area contributed by atoms with E-state index in [-0.39, 0.29) is 0 Å². The topological polar surface area (TPSA) is 57.2 Å². The Kier molecular flexibility index (Phi) is 4.72. The second kappa shape index (κ2) is 6.10. The first-order chi connectivity index (χ1) is 8.59. The van der Waals surface area contributed by atoms with Gasteiger partial charge in [0.1, 0.15) is 0 Å². The van der Waals surface area contributed by atoms with Gasteiger partial charge in [0.15, 0.2) is 0 Å². The highest BCUT2D eigenvalue weighted by molar-refractivity contribution is 7.11. The Bertz CT molecular complexity index is 366. The number of rotatable bonds is 5. The molecule has 102 valence electrons. The first-order valence-corrected chi connectivity index (χ1v) is 7.47. The van der Waals surface area contributed by atoms with Crippen LogP contribution in [0, 0.1) is 13.8 Å². The van der Waals surface area contributed by atoms with Crippen LogP contribution in [0.3, 0.4) is 0 Å². The highest BCUT2D eigenvalue weighted by Crippen LogP contribution is 2.17. The van der Waals surface area contributed by atoms with Crippen molar-refractivity contribution in [2.24, 2.45) is 0 Å². The van der Waals surface area contributed by atoms with Gasteiger partial charge in [-0.2, -0.15) is 0 Å². The van der Waals surface area contributed by atoms with Gasteiger partial charge in [-0.15, -0.1) is 11.3 Å². The van der Waals surface area contributed by atoms with Crippen molar-refractivity contribution in [2.45, 2.75) is 38.7 Å². The van der Waals surface area contributed by atoms with Crippen molar-refractivity contribution in [1.29, 1.82) is 0 Å². The summed E-state index contributed by atoms with van der Waals surface area (Å²) in [7, 11) is 0. The van der Waals surface area contributed by atoms with E-state index in [4.69, 9.17) is 0 Å². The van der Waals surface area contributed by atoms with Gasteiger partial charge in [-0.1, -0.05) is 0 Å². The monoisotopic (exact) mass is 269 g/mol. The zero-order valence-electron chi connectivity index (χ0n) is 11.3. The Hall–Kier alpha value is -0.490. The molecule has 1 aliphatic heterocycles. The van der Waals surface area contributed by atoms with Gasteiger partial charge in [0, 0.05) is 30.9 Å². The first kappa shape index (κ1) is 13.9. The molecule has 3 N–H and O–H groups in total. The summed E-state index contributed by atoms with van der Waals surface area (Å²) in [6.07, 6.45) is 2.90. The molecule has 1 fully saturated rings. The Morgan fingerprint density at radius 3 is 2.94 bits per heavy atom. The lowest BCUT2D eigenvalue weighted by molar-refractivity contribution is 0.0174. The number of nitrogens with zero attached hydrogens (tertiary/aromatic N) is 1. The lowest BCUT2D eigenvalue weighted by Gasteiger charge is -2.32. The van der Waals surface area contributed by atoms with Crippen LogP contribution in [0.4, 0.5) is 0 Å². The minimum Gasteiger partial charge on any atom is -0.387 e. The summed E-state index contributed by atoms with van der Waals surface area (Å²) in [6.45, 7) is 7.45. The van der Waals surface area contributed by atoms with Crippen LogP contribution >= 0.6 is 11.3 Å². The van der Waals surface area contributed by atoms with Crippen LogP contribution < -0.4 is 10.6 Å². The minimum atomic E-state index is -0.563. The molecule has 0 saturated carbocycles. The zero-order chi connectivity index (χ0) is 13.0. The van der Waals surface area contributed by atoms with Gasteiger partial charge in [-0.05, 0) is 33.2 Å². The summed E-state index contributed by atoms with van der Waals surface area (Å²) in [4.78, 5) is 5.82. The van der Waals surface area contributed by atoms with Gasteiger partial charge in [0.05, 0.1) is 16.3 Å². The van der Waals surface area contributed by atoms with Crippen molar-refractivity contribution < 1.29 is 5.11 Å². The molecule has 1 atom stereocenters. The summed E-state index contributed by atoms with van der Waals surface area (Å²) in [5.41, 5.74) is 0.581. The summed E-state index contributed by atoms with van der Waals surface area (Å²) < 4.78 is 0. The molecule has 0 aliphatic carbocycles. The largest absolute Gasteiger partial charge is 0.387 e. The van der Waals surface area contributed by atoms with E-state index in [2.05, 4.69) is 29.5 Å². The van der Waals surface area contributed by atoms with Crippen LogP contribution in [0.5, 0.6) is 0 Å². The van der Waals surface area contributed by atoms with Gasteiger partial charge in [-0.3, -0.25) is 0 Å². The molecule has 1 aliphatic rings. The normalized spacial score (nSPS) is 24.4. The molecule has 5 heteroatoms. The van der Waals surface area contributed by atoms with Gasteiger partial charge in [-0.25, -0.2) is 4.98 Å². The molecule has 1 aromatic rings. The highest BCUT2D eigenvalue weighted by atomic mass is 32.1. The summed E-state index contributed by atoms with van der Waals surface area (Å²) in [6, 6.07) is 0. The predicted molar refractivity (Wildman–Crippen MR) is 75.2 cm³/mol. The molecule has 0 amide bonds. The predicted octanol–water partition coefficient (Wildman–Crippen LogP) is 1.01. The van der Waals surface area contributed by atoms with E-state index in [0.717, 1.165) is 38.0 Å². The number of aliphatic hydroxyl groups is 1. The highest BCUT2D eigenvalue weighted by Gasteiger charge is 2.28. The fourth-order valence-electron chi connectivity index (χ4n) is 2.27. The molecule has 0 spiro atoms. The number of β-amino-alcohol motifs (C(OH)–C–C–N with tert-alkyl or cyclic N) is 1. The third kappa shape index (κ3) is 3.75. The molecular weight excluding hydrogens is 246 g/mol. The smallest absolute Gasteiger partial charge is 0.0943 e. The van der Waals surface area contributed by atoms with E-state index in [1.54, 1.807) is 11.3 Å². The average Bonchev–Trinajstić information content (AvgIpc) is 2.66. The minimum absolute atomic E-state index is 0.563. The lowest BCUT2D eigenvalue weighted by Crippen LogP contribution is -2.52. The SMILES string of the molecule is Cc1nc(CCNC[C@]2(O)CCCNC2)sc1C. The molecule has 0 aromatic carbocycles. The number of nitrogens with one attached hydrogen (secondary N) is 2. The Labute approximate surface area is 113 Å². The first-order valence-electron chi connectivity index (χ1n) is 6.66. The summed E-state index contributed by atoms with van der Waals surface area (Å²) >= 11 is 1.77. The van der Waals surface area contributed by atoms with Gasteiger partial charge in [0.2, 0.25) is 0 Å². The molecule has 0 radical (unpaired) electrons. The van der Waals surface area contributed by atoms with Gasteiger partial charge < -0.3 is 15.7 Å². The quantitative estimate of drug-likeness (QED) is 0.698. The van der Waals surface area contributed by atoms with Gasteiger partial charge >= 0.3 is 0 Å². The third-order valence-corrected chi connectivity index (χ3v) is 4.62. The maximum atomic E-state index is 10.3. The average molecular weight is 269 g/mol. The molecule has 0 bridgehead atoms. The number of aryl methyl sites for hydroxylation is 2. The molecule has 0 unspecified atom stereocenters. The van der Waals surface area contributed by atoms with Crippen molar-refractivity contribution >= 4 is 11.3 Å². The molecule has 1 saturated heterocycles. The number of hydrogen-bond donors (Lipinski definition) is 3. The van der Waals surface area contributed by atoms with Gasteiger partial charge in [0.25, 0.3) is 0 Å². The second-order valence-corrected chi connectivity index (χ2v) is 6.47. The molecular formula is C13H23N3OS. The van der Waals surface area contributed by atoms with Crippen molar-refractivity contribution in [3.63, 3.8) is 0 Å². The summed E-state index contributed by atoms with van der Waals surface area (Å²) in [5, 5.41) is 18.1. The van der Waals surface area contributed by atoms with Crippen LogP contribution in [-0.4, -0.2) is 41.9 Å². The Balaban J connectivity index is 1.69. The van der Waals surface area contributed by atoms with Crippen LogP contribution in [0.1, 0.15) is 28.4 Å². The molecule has 1 aromatic heterocycles. The second-order valence-electron chi connectivity index (χ2n) is 5.18. The maximum Gasteiger partial charge on any atom is 0.0943 e. The summed E-state index contributed by atoms with van der Waals surface area (Å²) in [5.74, 6) is 0. The number of aromatic nitrogens is 1. The van der Waals surface area contributed by atoms with E-state index in [9.17, 15) is 5.11 Å². The van der Waals surface area contributed by atoms with Crippen LogP contribution in [0.25, 0.3) is 0 Å². The van der Waals surface area contributed by atoms with Crippen molar-refractivity contribution in [3.05, 3.63) is 15.6 Å².